The van der Waals surface area contributed by atoms with E-state index < -0.39 is 0 Å². The monoisotopic (exact) mass is 483 g/mol. The summed E-state index contributed by atoms with van der Waals surface area (Å²) in [7, 11) is 3.48. The van der Waals surface area contributed by atoms with Crippen LogP contribution in [0.25, 0.3) is 0 Å². The summed E-state index contributed by atoms with van der Waals surface area (Å²) < 4.78 is 7.04. The molecule has 35 heavy (non-hydrogen) atoms. The highest BCUT2D eigenvalue weighted by molar-refractivity contribution is 5.95. The normalized spacial score (nSPS) is 15.7. The van der Waals surface area contributed by atoms with Gasteiger partial charge in [-0.1, -0.05) is 18.2 Å². The van der Waals surface area contributed by atoms with Crippen molar-refractivity contribution in [1.82, 2.24) is 19.6 Å². The van der Waals surface area contributed by atoms with Gasteiger partial charge in [0.1, 0.15) is 6.61 Å². The lowest BCUT2D eigenvalue weighted by Crippen LogP contribution is -2.41. The van der Waals surface area contributed by atoms with Gasteiger partial charge < -0.3 is 14.5 Å². The average Bonchev–Trinajstić information content (AvgIpc) is 3.04. The molecule has 0 atom stereocenters. The van der Waals surface area contributed by atoms with Crippen LogP contribution in [0.3, 0.4) is 0 Å². The third-order valence-electron chi connectivity index (χ3n) is 7.03. The zero-order chi connectivity index (χ0) is 25.5. The van der Waals surface area contributed by atoms with Gasteiger partial charge in [0.15, 0.2) is 0 Å². The Morgan fingerprint density at radius 3 is 2.46 bits per heavy atom. The van der Waals surface area contributed by atoms with E-state index >= 15 is 0 Å². The van der Waals surface area contributed by atoms with Gasteiger partial charge in [-0.05, 0) is 57.7 Å². The first-order valence-corrected chi connectivity index (χ1v) is 12.6. The van der Waals surface area contributed by atoms with E-state index in [-0.39, 0.29) is 18.4 Å². The third-order valence-corrected chi connectivity index (χ3v) is 7.03. The van der Waals surface area contributed by atoms with Gasteiger partial charge in [0.05, 0.1) is 5.69 Å². The number of benzene rings is 1. The minimum atomic E-state index is -0.0595. The summed E-state index contributed by atoms with van der Waals surface area (Å²) in [6.07, 6.45) is 1.97. The van der Waals surface area contributed by atoms with Crippen molar-refractivity contribution in [2.75, 3.05) is 44.8 Å². The second kappa shape index (κ2) is 12.3. The second-order valence-corrected chi connectivity index (χ2v) is 9.68. The average molecular weight is 484 g/mol. The number of carbonyl (C=O) groups is 2. The molecule has 0 N–H and O–H groups in total. The molecule has 0 fully saturated rings. The first-order chi connectivity index (χ1) is 16.7. The number of aromatic nitrogens is 2. The van der Waals surface area contributed by atoms with Crippen LogP contribution in [0.1, 0.15) is 49.2 Å². The maximum absolute atomic E-state index is 13.5. The second-order valence-electron chi connectivity index (χ2n) is 9.68. The van der Waals surface area contributed by atoms with E-state index in [1.807, 2.05) is 52.7 Å². The fourth-order valence-corrected chi connectivity index (χ4v) is 4.86. The Hall–Kier alpha value is -2.71. The molecule has 1 aromatic heterocycles. The molecule has 1 aliphatic rings. The predicted octanol–water partition coefficient (Wildman–Crippen LogP) is 3.09. The van der Waals surface area contributed by atoms with E-state index in [0.717, 1.165) is 47.7 Å². The number of rotatable bonds is 6. The Balaban J connectivity index is 1.88. The number of hydrogen-bond donors (Lipinski definition) is 0. The van der Waals surface area contributed by atoms with Gasteiger partial charge in [-0.25, -0.2) is 0 Å². The molecule has 0 spiro atoms. The number of fused-ring (bicyclic) bond motifs is 1. The number of carbonyl (C=O) groups excluding carboxylic acids is 2. The number of methoxy groups -OCH3 is 1. The molecule has 2 aromatic rings. The Kier molecular flexibility index (Phi) is 9.46. The van der Waals surface area contributed by atoms with Gasteiger partial charge in [0.2, 0.25) is 5.91 Å². The predicted molar refractivity (Wildman–Crippen MR) is 138 cm³/mol. The Bertz CT molecular complexity index is 1020. The SMILES string of the molecule is COCC(=O)N1CCCN(C(C)C)CCN(C(=O)CCc2c(C)nn(C)c2C)Cc2ccccc21. The van der Waals surface area contributed by atoms with Crippen molar-refractivity contribution in [2.24, 2.45) is 7.05 Å². The van der Waals surface area contributed by atoms with Crippen molar-refractivity contribution in [3.63, 3.8) is 0 Å². The van der Waals surface area contributed by atoms with Crippen LogP contribution in [0.15, 0.2) is 24.3 Å². The van der Waals surface area contributed by atoms with Gasteiger partial charge in [0.25, 0.3) is 5.91 Å². The van der Waals surface area contributed by atoms with Crippen molar-refractivity contribution in [3.05, 3.63) is 46.8 Å². The summed E-state index contributed by atoms with van der Waals surface area (Å²) in [5, 5.41) is 4.50. The molecule has 2 heterocycles. The fourth-order valence-electron chi connectivity index (χ4n) is 4.86. The molecule has 0 aliphatic carbocycles. The molecule has 8 nitrogen and oxygen atoms in total. The molecule has 1 aromatic carbocycles. The smallest absolute Gasteiger partial charge is 0.252 e. The molecule has 0 saturated carbocycles. The van der Waals surface area contributed by atoms with Gasteiger partial charge >= 0.3 is 0 Å². The summed E-state index contributed by atoms with van der Waals surface area (Å²) >= 11 is 0. The molecule has 1 aliphatic heterocycles. The molecule has 3 rings (SSSR count). The number of para-hydroxylation sites is 1. The van der Waals surface area contributed by atoms with Crippen LogP contribution < -0.4 is 4.90 Å². The summed E-state index contributed by atoms with van der Waals surface area (Å²) in [5.41, 5.74) is 5.09. The Morgan fingerprint density at radius 2 is 1.80 bits per heavy atom. The lowest BCUT2D eigenvalue weighted by molar-refractivity contribution is -0.132. The van der Waals surface area contributed by atoms with Crippen molar-refractivity contribution in [1.29, 1.82) is 0 Å². The van der Waals surface area contributed by atoms with Crippen molar-refractivity contribution in [3.8, 4) is 0 Å². The van der Waals surface area contributed by atoms with E-state index in [9.17, 15) is 9.59 Å². The van der Waals surface area contributed by atoms with E-state index in [1.165, 1.54) is 0 Å². The van der Waals surface area contributed by atoms with Gasteiger partial charge in [-0.2, -0.15) is 5.10 Å². The van der Waals surface area contributed by atoms with Gasteiger partial charge in [0, 0.05) is 70.7 Å². The van der Waals surface area contributed by atoms with Crippen LogP contribution in [0.4, 0.5) is 5.69 Å². The van der Waals surface area contributed by atoms with E-state index in [1.54, 1.807) is 7.11 Å². The van der Waals surface area contributed by atoms with Gasteiger partial charge in [-0.15, -0.1) is 0 Å². The molecule has 0 radical (unpaired) electrons. The maximum Gasteiger partial charge on any atom is 0.252 e. The lowest BCUT2D eigenvalue weighted by Gasteiger charge is -2.30. The minimum absolute atomic E-state index is 0.0364. The zero-order valence-corrected chi connectivity index (χ0v) is 22.2. The number of amides is 2. The van der Waals surface area contributed by atoms with E-state index in [0.29, 0.717) is 38.5 Å². The van der Waals surface area contributed by atoms with E-state index in [2.05, 4.69) is 30.8 Å². The molecule has 8 heteroatoms. The number of hydrogen-bond acceptors (Lipinski definition) is 5. The highest BCUT2D eigenvalue weighted by Crippen LogP contribution is 2.24. The molecule has 0 unspecified atom stereocenters. The van der Waals surface area contributed by atoms with E-state index in [4.69, 9.17) is 4.74 Å². The van der Waals surface area contributed by atoms with Crippen LogP contribution >= 0.6 is 0 Å². The van der Waals surface area contributed by atoms with Crippen molar-refractivity contribution < 1.29 is 14.3 Å². The lowest BCUT2D eigenvalue weighted by atomic mass is 10.1. The van der Waals surface area contributed by atoms with Crippen LogP contribution in [0.2, 0.25) is 0 Å². The van der Waals surface area contributed by atoms with Crippen LogP contribution in [-0.4, -0.2) is 77.3 Å². The van der Waals surface area contributed by atoms with Crippen molar-refractivity contribution in [2.45, 2.75) is 59.5 Å². The number of aryl methyl sites for hydroxylation is 2. The molecular formula is C27H41N5O3. The summed E-state index contributed by atoms with van der Waals surface area (Å²) in [5.74, 6) is 0.0656. The maximum atomic E-state index is 13.5. The Morgan fingerprint density at radius 1 is 1.06 bits per heavy atom. The molecule has 192 valence electrons. The molecule has 0 saturated heterocycles. The molecular weight excluding hydrogens is 442 g/mol. The number of anilines is 1. The quantitative estimate of drug-likeness (QED) is 0.632. The van der Waals surface area contributed by atoms with Gasteiger partial charge in [-0.3, -0.25) is 19.2 Å². The standard InChI is InChI=1S/C27H41N5O3/c1-20(2)30-14-9-15-32(27(34)19-35-6)25-11-8-7-10-23(25)18-31(17-16-30)26(33)13-12-24-21(3)28-29(5)22(24)4/h7-8,10-11,20H,9,12-19H2,1-6H3. The summed E-state index contributed by atoms with van der Waals surface area (Å²) in [6.45, 7) is 11.9. The van der Waals surface area contributed by atoms with Crippen molar-refractivity contribution >= 4 is 17.5 Å². The highest BCUT2D eigenvalue weighted by atomic mass is 16.5. The Labute approximate surface area is 209 Å². The van der Waals surface area contributed by atoms with Crippen LogP contribution in [0, 0.1) is 13.8 Å². The fraction of sp³-hybridized carbons (Fsp3) is 0.593. The topological polar surface area (TPSA) is 70.9 Å². The first-order valence-electron chi connectivity index (χ1n) is 12.6. The third kappa shape index (κ3) is 6.70. The minimum Gasteiger partial charge on any atom is -0.375 e. The zero-order valence-electron chi connectivity index (χ0n) is 22.2. The highest BCUT2D eigenvalue weighted by Gasteiger charge is 2.24. The number of nitrogens with zero attached hydrogens (tertiary/aromatic N) is 5. The molecule has 0 bridgehead atoms. The molecule has 2 amide bonds. The number of ether oxygens (including phenoxy) is 1. The summed E-state index contributed by atoms with van der Waals surface area (Å²) in [4.78, 5) is 32.7. The summed E-state index contributed by atoms with van der Waals surface area (Å²) in [6, 6.07) is 8.29. The van der Waals surface area contributed by atoms with Crippen LogP contribution in [-0.2, 0) is 34.3 Å². The van der Waals surface area contributed by atoms with Crippen LogP contribution in [0.5, 0.6) is 0 Å². The first kappa shape index (κ1) is 26.9. The largest absolute Gasteiger partial charge is 0.375 e.